The Balaban J connectivity index is 1.99. The Bertz CT molecular complexity index is 442. The summed E-state index contributed by atoms with van der Waals surface area (Å²) in [5, 5.41) is 0. The first-order valence-corrected chi connectivity index (χ1v) is 7.22. The SMILES string of the molecule is NC(=O)CC1CCN(c2ccc(N)cc2I)CC1. The normalized spacial score (nSPS) is 16.8. The average Bonchev–Trinajstić information content (AvgIpc) is 2.30. The zero-order chi connectivity index (χ0) is 13.1. The van der Waals surface area contributed by atoms with Crippen molar-refractivity contribution in [3.05, 3.63) is 21.8 Å². The summed E-state index contributed by atoms with van der Waals surface area (Å²) in [5.41, 5.74) is 13.0. The predicted molar refractivity (Wildman–Crippen MR) is 82.3 cm³/mol. The lowest BCUT2D eigenvalue weighted by molar-refractivity contribution is -0.119. The third-order valence-electron chi connectivity index (χ3n) is 3.42. The van der Waals surface area contributed by atoms with Crippen molar-refractivity contribution in [2.24, 2.45) is 11.7 Å². The Hall–Kier alpha value is -0.980. The summed E-state index contributed by atoms with van der Waals surface area (Å²) in [7, 11) is 0. The molecule has 1 aliphatic heterocycles. The van der Waals surface area contributed by atoms with Crippen molar-refractivity contribution in [3.63, 3.8) is 0 Å². The van der Waals surface area contributed by atoms with E-state index >= 15 is 0 Å². The molecular formula is C13H18IN3O. The number of nitrogens with two attached hydrogens (primary N) is 2. The first kappa shape index (κ1) is 13.5. The fraction of sp³-hybridized carbons (Fsp3) is 0.462. The topological polar surface area (TPSA) is 72.4 Å². The Labute approximate surface area is 121 Å². The van der Waals surface area contributed by atoms with Crippen LogP contribution >= 0.6 is 22.6 Å². The van der Waals surface area contributed by atoms with Gasteiger partial charge in [-0.1, -0.05) is 0 Å². The van der Waals surface area contributed by atoms with Crippen LogP contribution in [-0.2, 0) is 4.79 Å². The van der Waals surface area contributed by atoms with Gasteiger partial charge in [-0.2, -0.15) is 0 Å². The summed E-state index contributed by atoms with van der Waals surface area (Å²) in [4.78, 5) is 13.3. The molecule has 1 amide bonds. The highest BCUT2D eigenvalue weighted by Gasteiger charge is 2.21. The number of amides is 1. The molecule has 98 valence electrons. The van der Waals surface area contributed by atoms with E-state index in [1.165, 1.54) is 9.26 Å². The van der Waals surface area contributed by atoms with E-state index in [1.54, 1.807) is 0 Å². The van der Waals surface area contributed by atoms with E-state index in [0.717, 1.165) is 31.6 Å². The van der Waals surface area contributed by atoms with Crippen LogP contribution in [0.5, 0.6) is 0 Å². The molecule has 5 heteroatoms. The second-order valence-electron chi connectivity index (χ2n) is 4.81. The lowest BCUT2D eigenvalue weighted by Gasteiger charge is -2.33. The zero-order valence-electron chi connectivity index (χ0n) is 10.2. The van der Waals surface area contributed by atoms with Crippen LogP contribution < -0.4 is 16.4 Å². The Morgan fingerprint density at radius 2 is 2.06 bits per heavy atom. The molecule has 0 radical (unpaired) electrons. The highest BCUT2D eigenvalue weighted by Crippen LogP contribution is 2.29. The van der Waals surface area contributed by atoms with E-state index in [0.29, 0.717) is 12.3 Å². The number of hydrogen-bond acceptors (Lipinski definition) is 3. The molecule has 0 bridgehead atoms. The molecule has 4 nitrogen and oxygen atoms in total. The van der Waals surface area contributed by atoms with Gasteiger partial charge in [-0.3, -0.25) is 4.79 Å². The number of benzene rings is 1. The first-order chi connectivity index (χ1) is 8.56. The number of hydrogen-bond donors (Lipinski definition) is 2. The van der Waals surface area contributed by atoms with Crippen molar-refractivity contribution >= 4 is 39.9 Å². The van der Waals surface area contributed by atoms with Gasteiger partial charge in [0.15, 0.2) is 0 Å². The summed E-state index contributed by atoms with van der Waals surface area (Å²) >= 11 is 2.32. The Kier molecular flexibility index (Phi) is 4.31. The second-order valence-corrected chi connectivity index (χ2v) is 5.97. The number of halogens is 1. The average molecular weight is 359 g/mol. The zero-order valence-corrected chi connectivity index (χ0v) is 12.4. The molecule has 18 heavy (non-hydrogen) atoms. The fourth-order valence-corrected chi connectivity index (χ4v) is 3.32. The van der Waals surface area contributed by atoms with Crippen LogP contribution in [0.2, 0.25) is 0 Å². The maximum absolute atomic E-state index is 10.9. The van der Waals surface area contributed by atoms with Crippen molar-refractivity contribution in [1.82, 2.24) is 0 Å². The molecule has 0 saturated carbocycles. The van der Waals surface area contributed by atoms with E-state index < -0.39 is 0 Å². The Morgan fingerprint density at radius 1 is 1.39 bits per heavy atom. The molecule has 1 aromatic carbocycles. The largest absolute Gasteiger partial charge is 0.399 e. The van der Waals surface area contributed by atoms with Gasteiger partial charge >= 0.3 is 0 Å². The maximum Gasteiger partial charge on any atom is 0.217 e. The van der Waals surface area contributed by atoms with Gasteiger partial charge in [0.25, 0.3) is 0 Å². The quantitative estimate of drug-likeness (QED) is 0.640. The molecule has 1 fully saturated rings. The fourth-order valence-electron chi connectivity index (χ4n) is 2.44. The van der Waals surface area contributed by atoms with Gasteiger partial charge in [-0.15, -0.1) is 0 Å². The summed E-state index contributed by atoms with van der Waals surface area (Å²) < 4.78 is 1.18. The minimum absolute atomic E-state index is 0.185. The molecule has 1 aromatic rings. The molecule has 0 aliphatic carbocycles. The molecule has 0 aromatic heterocycles. The van der Waals surface area contributed by atoms with Gasteiger partial charge in [-0.25, -0.2) is 0 Å². The monoisotopic (exact) mass is 359 g/mol. The van der Waals surface area contributed by atoms with Crippen LogP contribution in [0.15, 0.2) is 18.2 Å². The number of carbonyl (C=O) groups is 1. The van der Waals surface area contributed by atoms with Crippen molar-refractivity contribution in [2.45, 2.75) is 19.3 Å². The second kappa shape index (κ2) is 5.77. The standard InChI is InChI=1S/C13H18IN3O/c14-11-8-10(15)1-2-12(11)17-5-3-9(4-6-17)7-13(16)18/h1-2,8-9H,3-7,15H2,(H2,16,18). The van der Waals surface area contributed by atoms with Crippen molar-refractivity contribution < 1.29 is 4.79 Å². The van der Waals surface area contributed by atoms with Crippen molar-refractivity contribution in [2.75, 3.05) is 23.7 Å². The third kappa shape index (κ3) is 3.28. The molecule has 0 spiro atoms. The van der Waals surface area contributed by atoms with E-state index in [1.807, 2.05) is 12.1 Å². The highest BCUT2D eigenvalue weighted by atomic mass is 127. The van der Waals surface area contributed by atoms with Gasteiger partial charge in [0, 0.05) is 28.8 Å². The molecule has 0 unspecified atom stereocenters. The van der Waals surface area contributed by atoms with Crippen molar-refractivity contribution in [3.8, 4) is 0 Å². The van der Waals surface area contributed by atoms with Crippen molar-refractivity contribution in [1.29, 1.82) is 0 Å². The summed E-state index contributed by atoms with van der Waals surface area (Å²) in [6.07, 6.45) is 2.58. The minimum Gasteiger partial charge on any atom is -0.399 e. The van der Waals surface area contributed by atoms with Crippen LogP contribution in [0.4, 0.5) is 11.4 Å². The molecule has 4 N–H and O–H groups in total. The highest BCUT2D eigenvalue weighted by molar-refractivity contribution is 14.1. The van der Waals surface area contributed by atoms with E-state index in [2.05, 4.69) is 33.6 Å². The maximum atomic E-state index is 10.9. The number of nitrogen functional groups attached to an aromatic ring is 1. The van der Waals surface area contributed by atoms with Crippen LogP contribution in [0.3, 0.4) is 0 Å². The molecule has 1 aliphatic rings. The summed E-state index contributed by atoms with van der Waals surface area (Å²) in [6, 6.07) is 6.00. The number of nitrogens with zero attached hydrogens (tertiary/aromatic N) is 1. The lowest BCUT2D eigenvalue weighted by atomic mass is 9.93. The van der Waals surface area contributed by atoms with E-state index in [4.69, 9.17) is 11.5 Å². The number of primary amides is 1. The third-order valence-corrected chi connectivity index (χ3v) is 4.28. The van der Waals surface area contributed by atoms with Crippen LogP contribution in [0, 0.1) is 9.49 Å². The number of anilines is 2. The van der Waals surface area contributed by atoms with E-state index in [-0.39, 0.29) is 5.91 Å². The summed E-state index contributed by atoms with van der Waals surface area (Å²) in [5.74, 6) is 0.265. The first-order valence-electron chi connectivity index (χ1n) is 6.14. The predicted octanol–water partition coefficient (Wildman–Crippen LogP) is 1.97. The van der Waals surface area contributed by atoms with Gasteiger partial charge < -0.3 is 16.4 Å². The van der Waals surface area contributed by atoms with Crippen LogP contribution in [0.25, 0.3) is 0 Å². The van der Waals surface area contributed by atoms with Crippen LogP contribution in [-0.4, -0.2) is 19.0 Å². The lowest BCUT2D eigenvalue weighted by Crippen LogP contribution is -2.35. The molecular weight excluding hydrogens is 341 g/mol. The molecule has 0 atom stereocenters. The summed E-state index contributed by atoms with van der Waals surface area (Å²) in [6.45, 7) is 1.97. The minimum atomic E-state index is -0.185. The van der Waals surface area contributed by atoms with E-state index in [9.17, 15) is 4.79 Å². The smallest absolute Gasteiger partial charge is 0.217 e. The van der Waals surface area contributed by atoms with Gasteiger partial charge in [-0.05, 0) is 59.5 Å². The number of carbonyl (C=O) groups excluding carboxylic acids is 1. The van der Waals surface area contributed by atoms with Gasteiger partial charge in [0.05, 0.1) is 5.69 Å². The molecule has 2 rings (SSSR count). The number of rotatable bonds is 3. The van der Waals surface area contributed by atoms with Crippen LogP contribution in [0.1, 0.15) is 19.3 Å². The molecule has 1 heterocycles. The number of piperidine rings is 1. The Morgan fingerprint density at radius 3 is 2.61 bits per heavy atom. The van der Waals surface area contributed by atoms with Gasteiger partial charge in [0.1, 0.15) is 0 Å². The van der Waals surface area contributed by atoms with Gasteiger partial charge in [0.2, 0.25) is 5.91 Å². The molecule has 1 saturated heterocycles.